The molecule has 0 aliphatic carbocycles. The molecule has 0 bridgehead atoms. The van der Waals surface area contributed by atoms with Crippen LogP contribution in [0.15, 0.2) is 39.6 Å². The second-order valence-electron chi connectivity index (χ2n) is 7.85. The van der Waals surface area contributed by atoms with E-state index in [-0.39, 0.29) is 17.7 Å². The lowest BCUT2D eigenvalue weighted by Crippen LogP contribution is -2.32. The molecule has 0 spiro atoms. The molecule has 3 rings (SSSR count). The van der Waals surface area contributed by atoms with E-state index in [1.807, 2.05) is 38.1 Å². The molecule has 1 unspecified atom stereocenters. The van der Waals surface area contributed by atoms with Gasteiger partial charge in [0.2, 0.25) is 5.91 Å². The first-order chi connectivity index (χ1) is 14.5. The van der Waals surface area contributed by atoms with Crippen molar-refractivity contribution in [1.82, 2.24) is 10.3 Å². The number of hydrogen-bond donors (Lipinski definition) is 1. The van der Waals surface area contributed by atoms with Gasteiger partial charge in [0.05, 0.1) is 18.2 Å². The highest BCUT2D eigenvalue weighted by Crippen LogP contribution is 2.37. The number of rotatable bonds is 11. The molecule has 0 aromatic heterocycles. The second-order valence-corrected chi connectivity index (χ2v) is 7.85. The van der Waals surface area contributed by atoms with Gasteiger partial charge in [-0.05, 0) is 30.9 Å². The first-order valence-electron chi connectivity index (χ1n) is 10.6. The number of terminal acetylenes is 1. The van der Waals surface area contributed by atoms with E-state index in [4.69, 9.17) is 6.42 Å². The van der Waals surface area contributed by atoms with Crippen LogP contribution >= 0.6 is 0 Å². The molecule has 2 amide bonds. The predicted molar refractivity (Wildman–Crippen MR) is 115 cm³/mol. The molecule has 0 saturated carbocycles. The van der Waals surface area contributed by atoms with Gasteiger partial charge in [0.1, 0.15) is 0 Å². The van der Waals surface area contributed by atoms with Gasteiger partial charge in [-0.15, -0.1) is 12.3 Å². The second kappa shape index (κ2) is 9.66. The molecular weight excluding hydrogens is 378 g/mol. The molecular formula is C23H29N5O2. The van der Waals surface area contributed by atoms with Gasteiger partial charge in [-0.1, -0.05) is 31.2 Å². The third-order valence-electron chi connectivity index (χ3n) is 5.71. The van der Waals surface area contributed by atoms with Crippen molar-refractivity contribution in [2.75, 3.05) is 6.54 Å². The Morgan fingerprint density at radius 3 is 2.73 bits per heavy atom. The van der Waals surface area contributed by atoms with Gasteiger partial charge in [0, 0.05) is 32.2 Å². The van der Waals surface area contributed by atoms with Gasteiger partial charge in [0.25, 0.3) is 5.91 Å². The number of carbonyl (C=O) groups is 2. The van der Waals surface area contributed by atoms with Crippen molar-refractivity contribution >= 4 is 17.5 Å². The molecule has 1 aromatic carbocycles. The molecule has 7 heteroatoms. The number of hydrogen-bond acceptors (Lipinski definition) is 5. The van der Waals surface area contributed by atoms with Crippen molar-refractivity contribution in [3.05, 3.63) is 35.4 Å². The number of hydrazone groups is 1. The fourth-order valence-corrected chi connectivity index (χ4v) is 3.69. The Bertz CT molecular complexity index is 893. The minimum absolute atomic E-state index is 0.00756. The van der Waals surface area contributed by atoms with Crippen molar-refractivity contribution in [2.45, 2.75) is 64.6 Å². The van der Waals surface area contributed by atoms with Gasteiger partial charge < -0.3 is 5.32 Å². The van der Waals surface area contributed by atoms with Gasteiger partial charge in [-0.25, -0.2) is 5.01 Å². The van der Waals surface area contributed by atoms with E-state index in [1.54, 1.807) is 5.01 Å². The maximum Gasteiger partial charge on any atom is 0.251 e. The summed E-state index contributed by atoms with van der Waals surface area (Å²) in [6.45, 7) is 4.96. The minimum atomic E-state index is -0.441. The Morgan fingerprint density at radius 1 is 1.30 bits per heavy atom. The third-order valence-corrected chi connectivity index (χ3v) is 5.71. The fraction of sp³-hybridized carbons (Fsp3) is 0.522. The summed E-state index contributed by atoms with van der Waals surface area (Å²) in [5.74, 6) is 2.27. The molecule has 0 fully saturated rings. The number of amides is 2. The third kappa shape index (κ3) is 5.32. The summed E-state index contributed by atoms with van der Waals surface area (Å²) >= 11 is 0. The highest BCUT2D eigenvalue weighted by molar-refractivity contribution is 6.07. The SMILES string of the molecule is C#CCCC1(CCC(=O)NCCC2C(=O)N(Cc3ccccc3C)N=C2CC)N=N1. The standard InChI is InChI=1S/C23H29N5O2/c1-4-6-13-23(26-27-23)14-11-21(29)24-15-12-19-20(5-2)25-28(22(19)30)16-18-10-8-7-9-17(18)3/h1,7-10,19H,5-6,11-16H2,2-3H3,(H,24,29). The average molecular weight is 408 g/mol. The maximum absolute atomic E-state index is 12.9. The van der Waals surface area contributed by atoms with E-state index in [2.05, 4.69) is 26.6 Å². The molecule has 2 heterocycles. The number of nitrogens with zero attached hydrogens (tertiary/aromatic N) is 4. The van der Waals surface area contributed by atoms with Gasteiger partial charge in [-0.2, -0.15) is 15.3 Å². The van der Waals surface area contributed by atoms with Crippen LogP contribution in [0.2, 0.25) is 0 Å². The Labute approximate surface area is 178 Å². The van der Waals surface area contributed by atoms with E-state index < -0.39 is 5.66 Å². The molecule has 1 atom stereocenters. The van der Waals surface area contributed by atoms with Gasteiger partial charge in [0.15, 0.2) is 5.66 Å². The van der Waals surface area contributed by atoms with Crippen LogP contribution in [-0.2, 0) is 16.1 Å². The Balaban J connectivity index is 1.45. The van der Waals surface area contributed by atoms with Crippen LogP contribution in [0, 0.1) is 25.2 Å². The van der Waals surface area contributed by atoms with E-state index in [1.165, 1.54) is 0 Å². The molecule has 1 N–H and O–H groups in total. The van der Waals surface area contributed by atoms with Crippen LogP contribution in [0.25, 0.3) is 0 Å². The van der Waals surface area contributed by atoms with Gasteiger partial charge in [-0.3, -0.25) is 9.59 Å². The van der Waals surface area contributed by atoms with Crippen molar-refractivity contribution < 1.29 is 9.59 Å². The van der Waals surface area contributed by atoms with E-state index in [9.17, 15) is 9.59 Å². The average Bonchev–Trinajstić information content (AvgIpc) is 3.46. The van der Waals surface area contributed by atoms with Crippen molar-refractivity contribution in [2.24, 2.45) is 21.2 Å². The Kier molecular flexibility index (Phi) is 6.99. The van der Waals surface area contributed by atoms with E-state index >= 15 is 0 Å². The van der Waals surface area contributed by atoms with Crippen LogP contribution in [0.5, 0.6) is 0 Å². The van der Waals surface area contributed by atoms with Crippen molar-refractivity contribution in [3.63, 3.8) is 0 Å². The van der Waals surface area contributed by atoms with Crippen molar-refractivity contribution in [1.29, 1.82) is 0 Å². The number of benzene rings is 1. The summed E-state index contributed by atoms with van der Waals surface area (Å²) in [6.07, 6.45) is 8.79. The van der Waals surface area contributed by atoms with Crippen LogP contribution in [0.3, 0.4) is 0 Å². The zero-order valence-electron chi connectivity index (χ0n) is 17.7. The molecule has 30 heavy (non-hydrogen) atoms. The first kappa shape index (κ1) is 21.7. The quantitative estimate of drug-likeness (QED) is 0.569. The molecule has 158 valence electrons. The summed E-state index contributed by atoms with van der Waals surface area (Å²) in [5, 5.41) is 17.1. The number of carbonyl (C=O) groups excluding carboxylic acids is 2. The lowest BCUT2D eigenvalue weighted by atomic mass is 9.97. The monoisotopic (exact) mass is 407 g/mol. The molecule has 7 nitrogen and oxygen atoms in total. The number of aryl methyl sites for hydroxylation is 1. The smallest absolute Gasteiger partial charge is 0.251 e. The highest BCUT2D eigenvalue weighted by atomic mass is 16.2. The summed E-state index contributed by atoms with van der Waals surface area (Å²) in [6, 6.07) is 8.01. The summed E-state index contributed by atoms with van der Waals surface area (Å²) < 4.78 is 0. The Morgan fingerprint density at radius 2 is 2.07 bits per heavy atom. The Hall–Kier alpha value is -3.01. The molecule has 1 aromatic rings. The van der Waals surface area contributed by atoms with Crippen molar-refractivity contribution in [3.8, 4) is 12.3 Å². The fourth-order valence-electron chi connectivity index (χ4n) is 3.69. The normalized spacial score (nSPS) is 18.8. The summed E-state index contributed by atoms with van der Waals surface area (Å²) in [5.41, 5.74) is 2.67. The van der Waals surface area contributed by atoms with E-state index in [0.29, 0.717) is 45.2 Å². The molecule has 0 saturated heterocycles. The topological polar surface area (TPSA) is 86.5 Å². The van der Waals surface area contributed by atoms with E-state index in [0.717, 1.165) is 23.3 Å². The minimum Gasteiger partial charge on any atom is -0.356 e. The lowest BCUT2D eigenvalue weighted by molar-refractivity contribution is -0.132. The van der Waals surface area contributed by atoms with Crippen LogP contribution < -0.4 is 5.32 Å². The summed E-state index contributed by atoms with van der Waals surface area (Å²) in [4.78, 5) is 25.1. The molecule has 2 aliphatic rings. The molecule has 2 aliphatic heterocycles. The summed E-state index contributed by atoms with van der Waals surface area (Å²) in [7, 11) is 0. The molecule has 0 radical (unpaired) electrons. The van der Waals surface area contributed by atoms with Crippen LogP contribution in [0.1, 0.15) is 56.6 Å². The predicted octanol–water partition coefficient (Wildman–Crippen LogP) is 3.58. The largest absolute Gasteiger partial charge is 0.356 e. The number of nitrogens with one attached hydrogen (secondary N) is 1. The zero-order valence-corrected chi connectivity index (χ0v) is 17.7. The first-order valence-corrected chi connectivity index (χ1v) is 10.6. The van der Waals surface area contributed by atoms with Crippen LogP contribution in [-0.4, -0.2) is 34.7 Å². The maximum atomic E-state index is 12.9. The van der Waals surface area contributed by atoms with Gasteiger partial charge >= 0.3 is 0 Å². The van der Waals surface area contributed by atoms with Crippen LogP contribution in [0.4, 0.5) is 0 Å². The highest BCUT2D eigenvalue weighted by Gasteiger charge is 2.39. The zero-order chi connectivity index (χ0) is 21.6. The lowest BCUT2D eigenvalue weighted by Gasteiger charge is -2.16.